The van der Waals surface area contributed by atoms with Crippen molar-refractivity contribution >= 4 is 6.09 Å². The van der Waals surface area contributed by atoms with E-state index in [1.807, 2.05) is 0 Å². The minimum Gasteiger partial charge on any atom is -0.444 e. The second-order valence-electron chi connectivity index (χ2n) is 5.12. The van der Waals surface area contributed by atoms with E-state index in [-0.39, 0.29) is 13.2 Å². The summed E-state index contributed by atoms with van der Waals surface area (Å²) < 4.78 is 18.0. The molecule has 0 saturated carbocycles. The van der Waals surface area contributed by atoms with Crippen molar-refractivity contribution in [2.24, 2.45) is 0 Å². The van der Waals surface area contributed by atoms with Gasteiger partial charge in [0.25, 0.3) is 0 Å². The van der Waals surface area contributed by atoms with E-state index in [9.17, 15) is 9.18 Å². The van der Waals surface area contributed by atoms with Crippen molar-refractivity contribution in [3.63, 3.8) is 0 Å². The zero-order valence-corrected chi connectivity index (χ0v) is 11.8. The van der Waals surface area contributed by atoms with Gasteiger partial charge in [-0.15, -0.1) is 0 Å². The van der Waals surface area contributed by atoms with Gasteiger partial charge in [0.1, 0.15) is 11.4 Å². The number of hydrogen-bond acceptors (Lipinski definition) is 3. The molecule has 2 N–H and O–H groups in total. The molecule has 0 atom stereocenters. The number of halogens is 1. The summed E-state index contributed by atoms with van der Waals surface area (Å²) in [4.78, 5) is 11.3. The molecule has 0 radical (unpaired) electrons. The molecule has 1 amide bonds. The molecule has 4 nitrogen and oxygen atoms in total. The van der Waals surface area contributed by atoms with Crippen molar-refractivity contribution in [2.45, 2.75) is 33.0 Å². The van der Waals surface area contributed by atoms with Crippen molar-refractivity contribution in [3.05, 3.63) is 35.1 Å². The Bertz CT molecular complexity index is 538. The highest BCUT2D eigenvalue weighted by atomic mass is 19.1. The molecular formula is C15H18FNO3. The van der Waals surface area contributed by atoms with Gasteiger partial charge < -0.3 is 15.2 Å². The van der Waals surface area contributed by atoms with Crippen LogP contribution in [0.4, 0.5) is 9.18 Å². The Morgan fingerprint density at radius 3 is 2.75 bits per heavy atom. The van der Waals surface area contributed by atoms with Crippen LogP contribution in [0.15, 0.2) is 18.2 Å². The van der Waals surface area contributed by atoms with E-state index in [2.05, 4.69) is 17.2 Å². The summed E-state index contributed by atoms with van der Waals surface area (Å²) >= 11 is 0. The van der Waals surface area contributed by atoms with Crippen molar-refractivity contribution in [1.82, 2.24) is 5.32 Å². The van der Waals surface area contributed by atoms with Crippen molar-refractivity contribution in [2.75, 3.05) is 6.54 Å². The molecular weight excluding hydrogens is 261 g/mol. The Hall–Kier alpha value is -2.06. The standard InChI is InChI=1S/C15H18FNO3/c1-15(2,3)20-14(19)17-8-4-5-11-6-7-13(16)9-12(11)10-18/h6-7,9,18H,8,10H2,1-3H3,(H,17,19). The van der Waals surface area contributed by atoms with Crippen LogP contribution >= 0.6 is 0 Å². The maximum absolute atomic E-state index is 13.0. The maximum Gasteiger partial charge on any atom is 0.408 e. The number of nitrogens with one attached hydrogen (secondary N) is 1. The molecule has 108 valence electrons. The van der Waals surface area contributed by atoms with Crippen LogP contribution in [-0.4, -0.2) is 23.3 Å². The number of rotatable bonds is 2. The first-order valence-corrected chi connectivity index (χ1v) is 6.17. The van der Waals surface area contributed by atoms with E-state index >= 15 is 0 Å². The minimum atomic E-state index is -0.557. The number of hydrogen-bond donors (Lipinski definition) is 2. The van der Waals surface area contributed by atoms with Crippen LogP contribution < -0.4 is 5.32 Å². The van der Waals surface area contributed by atoms with Gasteiger partial charge in [-0.05, 0) is 44.5 Å². The van der Waals surface area contributed by atoms with Crippen molar-refractivity contribution in [3.8, 4) is 11.8 Å². The van der Waals surface area contributed by atoms with Crippen molar-refractivity contribution < 1.29 is 19.0 Å². The van der Waals surface area contributed by atoms with Gasteiger partial charge in [-0.3, -0.25) is 0 Å². The molecule has 0 unspecified atom stereocenters. The third-order valence-electron chi connectivity index (χ3n) is 2.18. The lowest BCUT2D eigenvalue weighted by Gasteiger charge is -2.19. The van der Waals surface area contributed by atoms with Crippen LogP contribution in [-0.2, 0) is 11.3 Å². The number of amides is 1. The van der Waals surface area contributed by atoms with Gasteiger partial charge in [0.15, 0.2) is 0 Å². The van der Waals surface area contributed by atoms with Crippen LogP contribution in [0, 0.1) is 17.7 Å². The monoisotopic (exact) mass is 279 g/mol. The molecule has 0 spiro atoms. The minimum absolute atomic E-state index is 0.108. The molecule has 0 bridgehead atoms. The van der Waals surface area contributed by atoms with Crippen LogP contribution in [0.5, 0.6) is 0 Å². The Morgan fingerprint density at radius 2 is 2.15 bits per heavy atom. The lowest BCUT2D eigenvalue weighted by atomic mass is 10.1. The topological polar surface area (TPSA) is 58.6 Å². The summed E-state index contributed by atoms with van der Waals surface area (Å²) in [5, 5.41) is 11.6. The smallest absolute Gasteiger partial charge is 0.408 e. The first-order valence-electron chi connectivity index (χ1n) is 6.17. The molecule has 0 aromatic heterocycles. The lowest BCUT2D eigenvalue weighted by Crippen LogP contribution is -2.32. The SMILES string of the molecule is CC(C)(C)OC(=O)NCC#Cc1ccc(F)cc1CO. The normalized spacial score (nSPS) is 10.4. The number of benzene rings is 1. The van der Waals surface area contributed by atoms with Crippen molar-refractivity contribution in [1.29, 1.82) is 0 Å². The highest BCUT2D eigenvalue weighted by Gasteiger charge is 2.14. The van der Waals surface area contributed by atoms with Gasteiger partial charge in [-0.1, -0.05) is 11.8 Å². The van der Waals surface area contributed by atoms with Gasteiger partial charge in [-0.2, -0.15) is 0 Å². The van der Waals surface area contributed by atoms with Gasteiger partial charge in [0.2, 0.25) is 0 Å². The molecule has 0 aliphatic rings. The van der Waals surface area contributed by atoms with Gasteiger partial charge in [0, 0.05) is 5.56 Å². The third kappa shape index (κ3) is 5.72. The predicted octanol–water partition coefficient (Wildman–Crippen LogP) is 2.19. The van der Waals surface area contributed by atoms with E-state index < -0.39 is 17.5 Å². The predicted molar refractivity (Wildman–Crippen MR) is 73.4 cm³/mol. The number of carbonyl (C=O) groups excluding carboxylic acids is 1. The Labute approximate surface area is 117 Å². The summed E-state index contributed by atoms with van der Waals surface area (Å²) in [6.45, 7) is 5.12. The summed E-state index contributed by atoms with van der Waals surface area (Å²) in [5.41, 5.74) is 0.382. The molecule has 20 heavy (non-hydrogen) atoms. The van der Waals surface area contributed by atoms with E-state index in [0.29, 0.717) is 11.1 Å². The fourth-order valence-electron chi connectivity index (χ4n) is 1.39. The van der Waals surface area contributed by atoms with Gasteiger partial charge in [0.05, 0.1) is 13.2 Å². The number of alkyl carbamates (subject to hydrolysis) is 1. The number of carbonyl (C=O) groups is 1. The first kappa shape index (κ1) is 16.0. The van der Waals surface area contributed by atoms with Gasteiger partial charge >= 0.3 is 6.09 Å². The number of aliphatic hydroxyl groups excluding tert-OH is 1. The first-order chi connectivity index (χ1) is 9.31. The third-order valence-corrected chi connectivity index (χ3v) is 2.18. The van der Waals surface area contributed by atoms with Crippen LogP contribution in [0.25, 0.3) is 0 Å². The zero-order chi connectivity index (χ0) is 15.2. The quantitative estimate of drug-likeness (QED) is 0.816. The largest absolute Gasteiger partial charge is 0.444 e. The van der Waals surface area contributed by atoms with E-state index in [1.54, 1.807) is 20.8 Å². The number of aliphatic hydroxyl groups is 1. The lowest BCUT2D eigenvalue weighted by molar-refractivity contribution is 0.0535. The fourth-order valence-corrected chi connectivity index (χ4v) is 1.39. The molecule has 1 aromatic rings. The van der Waals surface area contributed by atoms with Crippen LogP contribution in [0.2, 0.25) is 0 Å². The highest BCUT2D eigenvalue weighted by Crippen LogP contribution is 2.10. The second-order valence-corrected chi connectivity index (χ2v) is 5.12. The Balaban J connectivity index is 2.57. The number of ether oxygens (including phenoxy) is 1. The summed E-state index contributed by atoms with van der Waals surface area (Å²) in [6.07, 6.45) is -0.548. The van der Waals surface area contributed by atoms with Crippen LogP contribution in [0.1, 0.15) is 31.9 Å². The average Bonchev–Trinajstić information content (AvgIpc) is 2.33. The van der Waals surface area contributed by atoms with E-state index in [1.165, 1.54) is 18.2 Å². The molecule has 5 heteroatoms. The van der Waals surface area contributed by atoms with E-state index in [0.717, 1.165) is 0 Å². The second kappa shape index (κ2) is 6.92. The Morgan fingerprint density at radius 1 is 1.45 bits per heavy atom. The summed E-state index contributed by atoms with van der Waals surface area (Å²) in [6, 6.07) is 3.98. The van der Waals surface area contributed by atoms with Gasteiger partial charge in [-0.25, -0.2) is 9.18 Å². The van der Waals surface area contributed by atoms with E-state index in [4.69, 9.17) is 9.84 Å². The maximum atomic E-state index is 13.0. The molecule has 1 aromatic carbocycles. The molecule has 0 aliphatic carbocycles. The molecule has 0 saturated heterocycles. The highest BCUT2D eigenvalue weighted by molar-refractivity contribution is 5.68. The Kier molecular flexibility index (Phi) is 5.53. The molecule has 0 heterocycles. The zero-order valence-electron chi connectivity index (χ0n) is 11.8. The molecule has 0 aliphatic heterocycles. The summed E-state index contributed by atoms with van der Waals surface area (Å²) in [5.74, 6) is 5.06. The molecule has 0 fully saturated rings. The molecule has 1 rings (SSSR count). The summed E-state index contributed by atoms with van der Waals surface area (Å²) in [7, 11) is 0. The van der Waals surface area contributed by atoms with Crippen LogP contribution in [0.3, 0.4) is 0 Å². The average molecular weight is 279 g/mol. The fraction of sp³-hybridized carbons (Fsp3) is 0.400.